The number of hydrogen-bond acceptors (Lipinski definition) is 3. The van der Waals surface area contributed by atoms with E-state index in [1.807, 2.05) is 35.2 Å². The van der Waals surface area contributed by atoms with Crippen LogP contribution < -0.4 is 10.6 Å². The number of benzene rings is 2. The maximum Gasteiger partial charge on any atom is 0.196 e. The van der Waals surface area contributed by atoms with Crippen LogP contribution in [0, 0.1) is 0 Å². The van der Waals surface area contributed by atoms with Gasteiger partial charge in [0.15, 0.2) is 5.96 Å². The lowest BCUT2D eigenvalue weighted by atomic mass is 10.1. The average molecular weight is 385 g/mol. The fourth-order valence-corrected chi connectivity index (χ4v) is 3.25. The third-order valence-corrected chi connectivity index (χ3v) is 4.46. The van der Waals surface area contributed by atoms with Gasteiger partial charge in [0, 0.05) is 20.2 Å². The first kappa shape index (κ1) is 14.7. The number of rotatable bonds is 2. The van der Waals surface area contributed by atoms with Gasteiger partial charge in [-0.3, -0.25) is 4.99 Å². The van der Waals surface area contributed by atoms with E-state index in [-0.39, 0.29) is 6.04 Å². The summed E-state index contributed by atoms with van der Waals surface area (Å²) in [6.07, 6.45) is 0. The van der Waals surface area contributed by atoms with Gasteiger partial charge >= 0.3 is 0 Å². The molecule has 1 aliphatic rings. The molecule has 0 saturated carbocycles. The van der Waals surface area contributed by atoms with E-state index in [9.17, 15) is 0 Å². The summed E-state index contributed by atoms with van der Waals surface area (Å²) >= 11 is 15.9. The van der Waals surface area contributed by atoms with Crippen LogP contribution in [-0.4, -0.2) is 12.5 Å². The number of halogens is 3. The van der Waals surface area contributed by atoms with E-state index in [1.54, 1.807) is 12.1 Å². The van der Waals surface area contributed by atoms with Gasteiger partial charge in [0.1, 0.15) is 0 Å². The lowest BCUT2D eigenvalue weighted by Crippen LogP contribution is -2.36. The fraction of sp³-hybridized carbons (Fsp3) is 0.133. The molecule has 1 aliphatic heterocycles. The van der Waals surface area contributed by atoms with Crippen molar-refractivity contribution in [3.8, 4) is 0 Å². The summed E-state index contributed by atoms with van der Waals surface area (Å²) in [5, 5.41) is 1.31. The normalized spacial score (nSPS) is 18.0. The number of anilines is 1. The van der Waals surface area contributed by atoms with E-state index < -0.39 is 0 Å². The van der Waals surface area contributed by atoms with Crippen LogP contribution in [0.3, 0.4) is 0 Å². The van der Waals surface area contributed by atoms with Crippen molar-refractivity contribution in [2.45, 2.75) is 6.04 Å². The minimum Gasteiger partial charge on any atom is -0.369 e. The van der Waals surface area contributed by atoms with Crippen LogP contribution in [0.5, 0.6) is 0 Å². The Kier molecular flexibility index (Phi) is 4.11. The van der Waals surface area contributed by atoms with Crippen LogP contribution in [0.2, 0.25) is 10.0 Å². The van der Waals surface area contributed by atoms with Gasteiger partial charge in [-0.1, -0.05) is 45.2 Å². The van der Waals surface area contributed by atoms with Crippen molar-refractivity contribution in [3.63, 3.8) is 0 Å². The second-order valence-electron chi connectivity index (χ2n) is 4.73. The quantitative estimate of drug-likeness (QED) is 0.819. The number of guanidine groups is 1. The predicted octanol–water partition coefficient (Wildman–Crippen LogP) is 4.63. The molecule has 3 rings (SSSR count). The highest BCUT2D eigenvalue weighted by atomic mass is 79.9. The molecular weight excluding hydrogens is 373 g/mol. The molecule has 1 atom stereocenters. The number of nitrogens with two attached hydrogens (primary N) is 1. The highest BCUT2D eigenvalue weighted by Crippen LogP contribution is 2.36. The molecule has 21 heavy (non-hydrogen) atoms. The van der Waals surface area contributed by atoms with E-state index in [1.165, 1.54) is 0 Å². The molecule has 0 radical (unpaired) electrons. The summed E-state index contributed by atoms with van der Waals surface area (Å²) in [4.78, 5) is 6.33. The molecular formula is C15H12BrCl2N3. The first-order valence-corrected chi connectivity index (χ1v) is 7.91. The van der Waals surface area contributed by atoms with Gasteiger partial charge in [0.05, 0.1) is 12.6 Å². The summed E-state index contributed by atoms with van der Waals surface area (Å²) in [5.74, 6) is 0.481. The smallest absolute Gasteiger partial charge is 0.196 e. The molecule has 1 heterocycles. The van der Waals surface area contributed by atoms with Gasteiger partial charge in [-0.2, -0.15) is 0 Å². The lowest BCUT2D eigenvalue weighted by Gasteiger charge is -2.27. The SMILES string of the molecule is NC1=NCC(c2cc(Cl)ccc2Cl)N1c1cccc(Br)c1. The summed E-state index contributed by atoms with van der Waals surface area (Å²) < 4.78 is 0.982. The number of aliphatic imine (C=N–C) groups is 1. The zero-order valence-electron chi connectivity index (χ0n) is 10.9. The maximum atomic E-state index is 6.32. The van der Waals surface area contributed by atoms with Gasteiger partial charge in [0.25, 0.3) is 0 Å². The molecule has 0 aromatic heterocycles. The minimum atomic E-state index is -0.0505. The Morgan fingerprint density at radius 1 is 1.19 bits per heavy atom. The third kappa shape index (κ3) is 2.89. The molecule has 6 heteroatoms. The van der Waals surface area contributed by atoms with Gasteiger partial charge < -0.3 is 10.6 Å². The van der Waals surface area contributed by atoms with Crippen molar-refractivity contribution >= 4 is 50.8 Å². The molecule has 0 saturated heterocycles. The fourth-order valence-electron chi connectivity index (χ4n) is 2.44. The van der Waals surface area contributed by atoms with Gasteiger partial charge in [-0.15, -0.1) is 0 Å². The predicted molar refractivity (Wildman–Crippen MR) is 92.3 cm³/mol. The molecule has 3 nitrogen and oxygen atoms in total. The average Bonchev–Trinajstić information content (AvgIpc) is 2.83. The standard InChI is InChI=1S/C15H12BrCl2N3/c16-9-2-1-3-11(6-9)21-14(8-20-15(21)19)12-7-10(17)4-5-13(12)18/h1-7,14H,8H2,(H2,19,20). The Morgan fingerprint density at radius 2 is 2.00 bits per heavy atom. The summed E-state index contributed by atoms with van der Waals surface area (Å²) in [5.41, 5.74) is 7.95. The molecule has 0 aliphatic carbocycles. The third-order valence-electron chi connectivity index (χ3n) is 3.39. The molecule has 0 fully saturated rings. The van der Waals surface area contributed by atoms with Crippen LogP contribution in [0.1, 0.15) is 11.6 Å². The van der Waals surface area contributed by atoms with E-state index in [4.69, 9.17) is 28.9 Å². The highest BCUT2D eigenvalue weighted by molar-refractivity contribution is 9.10. The Balaban J connectivity index is 2.05. The van der Waals surface area contributed by atoms with Crippen molar-refractivity contribution in [2.75, 3.05) is 11.4 Å². The van der Waals surface area contributed by atoms with Crippen molar-refractivity contribution < 1.29 is 0 Å². The van der Waals surface area contributed by atoms with Crippen molar-refractivity contribution in [3.05, 3.63) is 62.5 Å². The molecule has 2 aromatic carbocycles. The molecule has 2 aromatic rings. The number of nitrogens with zero attached hydrogens (tertiary/aromatic N) is 2. The Morgan fingerprint density at radius 3 is 2.76 bits per heavy atom. The van der Waals surface area contributed by atoms with Crippen LogP contribution in [0.15, 0.2) is 51.9 Å². The van der Waals surface area contributed by atoms with Gasteiger partial charge in [-0.05, 0) is 42.0 Å². The molecule has 108 valence electrons. The molecule has 0 spiro atoms. The first-order valence-electron chi connectivity index (χ1n) is 6.36. The largest absolute Gasteiger partial charge is 0.369 e. The summed E-state index contributed by atoms with van der Waals surface area (Å²) in [6.45, 7) is 0.554. The zero-order chi connectivity index (χ0) is 15.0. The monoisotopic (exact) mass is 383 g/mol. The zero-order valence-corrected chi connectivity index (χ0v) is 14.0. The van der Waals surface area contributed by atoms with Crippen LogP contribution >= 0.6 is 39.1 Å². The Labute approximate surface area is 141 Å². The van der Waals surface area contributed by atoms with Gasteiger partial charge in [-0.25, -0.2) is 0 Å². The minimum absolute atomic E-state index is 0.0505. The van der Waals surface area contributed by atoms with Crippen LogP contribution in [0.4, 0.5) is 5.69 Å². The van der Waals surface area contributed by atoms with E-state index in [0.29, 0.717) is 22.5 Å². The molecule has 2 N–H and O–H groups in total. The second-order valence-corrected chi connectivity index (χ2v) is 6.49. The van der Waals surface area contributed by atoms with Crippen LogP contribution in [-0.2, 0) is 0 Å². The van der Waals surface area contributed by atoms with E-state index in [2.05, 4.69) is 20.9 Å². The molecule has 0 bridgehead atoms. The van der Waals surface area contributed by atoms with Crippen LogP contribution in [0.25, 0.3) is 0 Å². The Hall–Kier alpha value is -1.23. The number of hydrogen-bond donors (Lipinski definition) is 1. The topological polar surface area (TPSA) is 41.6 Å². The highest BCUT2D eigenvalue weighted by Gasteiger charge is 2.30. The van der Waals surface area contributed by atoms with Gasteiger partial charge in [0.2, 0.25) is 0 Å². The summed E-state index contributed by atoms with van der Waals surface area (Å²) in [6, 6.07) is 13.3. The first-order chi connectivity index (χ1) is 10.1. The Bertz CT molecular complexity index is 718. The van der Waals surface area contributed by atoms with Crippen molar-refractivity contribution in [1.82, 2.24) is 0 Å². The van der Waals surface area contributed by atoms with E-state index >= 15 is 0 Å². The molecule has 1 unspecified atom stereocenters. The molecule has 0 amide bonds. The van der Waals surface area contributed by atoms with E-state index in [0.717, 1.165) is 15.7 Å². The van der Waals surface area contributed by atoms with Crippen molar-refractivity contribution in [1.29, 1.82) is 0 Å². The maximum absolute atomic E-state index is 6.32. The summed E-state index contributed by atoms with van der Waals surface area (Å²) in [7, 11) is 0. The second kappa shape index (κ2) is 5.87. The van der Waals surface area contributed by atoms with Crippen molar-refractivity contribution in [2.24, 2.45) is 10.7 Å². The lowest BCUT2D eigenvalue weighted by molar-refractivity contribution is 0.769.